The van der Waals surface area contributed by atoms with Crippen LogP contribution in [0, 0.1) is 6.92 Å². The van der Waals surface area contributed by atoms with E-state index in [0.717, 1.165) is 16.8 Å². The molecule has 8 nitrogen and oxygen atoms in total. The van der Waals surface area contributed by atoms with Crippen molar-refractivity contribution in [3.8, 4) is 11.3 Å². The quantitative estimate of drug-likeness (QED) is 0.207. The molecule has 0 saturated heterocycles. The number of anilines is 1. The number of aryl methyl sites for hydroxylation is 1. The molecule has 0 spiro atoms. The van der Waals surface area contributed by atoms with Crippen molar-refractivity contribution in [2.45, 2.75) is 11.8 Å². The summed E-state index contributed by atoms with van der Waals surface area (Å²) in [4.78, 5) is 8.20. The number of nitrogen functional groups attached to an aromatic ring is 1. The number of rotatable bonds is 4. The van der Waals surface area contributed by atoms with Crippen molar-refractivity contribution in [2.24, 2.45) is 10.2 Å². The van der Waals surface area contributed by atoms with Crippen molar-refractivity contribution in [2.75, 3.05) is 5.73 Å². The van der Waals surface area contributed by atoms with Crippen LogP contribution in [0.15, 0.2) is 82.2 Å². The third kappa shape index (κ3) is 4.81. The average molecular weight is 442 g/mol. The van der Waals surface area contributed by atoms with E-state index in [4.69, 9.17) is 5.73 Å². The van der Waals surface area contributed by atoms with E-state index in [2.05, 4.69) is 20.2 Å². The van der Waals surface area contributed by atoms with Crippen LogP contribution in [0.4, 0.5) is 17.1 Å². The Kier molecular flexibility index (Phi) is 6.83. The van der Waals surface area contributed by atoms with E-state index >= 15 is 0 Å². The number of hydrogen-bond acceptors (Lipinski definition) is 7. The topological polar surface area (TPSA) is 131 Å². The predicted octanol–water partition coefficient (Wildman–Crippen LogP) is 4.47. The molecule has 0 bridgehead atoms. The summed E-state index contributed by atoms with van der Waals surface area (Å²) in [5.41, 5.74) is 9.53. The first-order valence-corrected chi connectivity index (χ1v) is 10.4. The summed E-state index contributed by atoms with van der Waals surface area (Å²) in [5.74, 6) is 0. The van der Waals surface area contributed by atoms with Gasteiger partial charge in [0.25, 0.3) is 10.1 Å². The number of hydrogen-bond donors (Lipinski definition) is 2. The average Bonchev–Trinajstić information content (AvgIpc) is 2.74. The minimum atomic E-state index is -4.47. The second-order valence-corrected chi connectivity index (χ2v) is 8.02. The number of azo groups is 1. The first kappa shape index (κ1) is 23.0. The number of pyridine rings is 2. The van der Waals surface area contributed by atoms with Gasteiger partial charge in [0.05, 0.1) is 17.6 Å². The Hall–Kier alpha value is -2.69. The SMILES string of the molecule is Cc1cc(-c2cccnc2)ncc1N=Nc1cc(S(=O)(=O)O)c2ccccc2c1N.[Na]. The number of aromatic nitrogens is 2. The van der Waals surface area contributed by atoms with Crippen LogP contribution in [0.3, 0.4) is 0 Å². The molecule has 2 heterocycles. The van der Waals surface area contributed by atoms with Crippen LogP contribution in [0.5, 0.6) is 0 Å². The standard InChI is InChI=1S/C21H17N5O3S.Na/c1-13-9-17(14-5-4-8-23-11-14)24-12-19(13)26-25-18-10-20(30(27,28)29)15-6-2-3-7-16(15)21(18)22;/h2-12H,22H2,1H3,(H,27,28,29);. The molecule has 0 unspecified atom stereocenters. The van der Waals surface area contributed by atoms with Crippen LogP contribution in [-0.2, 0) is 10.1 Å². The molecule has 0 fully saturated rings. The van der Waals surface area contributed by atoms with Gasteiger partial charge in [-0.1, -0.05) is 24.3 Å². The van der Waals surface area contributed by atoms with Crippen LogP contribution in [0.2, 0.25) is 0 Å². The third-order valence-electron chi connectivity index (χ3n) is 4.61. The van der Waals surface area contributed by atoms with E-state index < -0.39 is 10.1 Å². The first-order valence-electron chi connectivity index (χ1n) is 8.92. The smallest absolute Gasteiger partial charge is 0.295 e. The Bertz CT molecular complexity index is 1390. The maximum absolute atomic E-state index is 11.8. The fourth-order valence-corrected chi connectivity index (χ4v) is 3.80. The Labute approximate surface area is 201 Å². The van der Waals surface area contributed by atoms with Gasteiger partial charge in [0.15, 0.2) is 0 Å². The number of nitrogens with two attached hydrogens (primary N) is 1. The largest absolute Gasteiger partial charge is 0.396 e. The van der Waals surface area contributed by atoms with Gasteiger partial charge in [-0.15, -0.1) is 10.2 Å². The van der Waals surface area contributed by atoms with Gasteiger partial charge in [0.1, 0.15) is 16.3 Å². The molecule has 10 heteroatoms. The second kappa shape index (κ2) is 9.21. The van der Waals surface area contributed by atoms with Gasteiger partial charge in [-0.05, 0) is 36.8 Å². The second-order valence-electron chi connectivity index (χ2n) is 6.63. The van der Waals surface area contributed by atoms with Crippen LogP contribution in [0.1, 0.15) is 5.56 Å². The maximum atomic E-state index is 11.8. The van der Waals surface area contributed by atoms with E-state index in [-0.39, 0.29) is 45.8 Å². The molecule has 2 aromatic carbocycles. The summed E-state index contributed by atoms with van der Waals surface area (Å²) in [6.45, 7) is 1.86. The summed E-state index contributed by atoms with van der Waals surface area (Å²) >= 11 is 0. The third-order valence-corrected chi connectivity index (χ3v) is 5.50. The van der Waals surface area contributed by atoms with Gasteiger partial charge >= 0.3 is 0 Å². The summed E-state index contributed by atoms with van der Waals surface area (Å²) < 4.78 is 33.3. The van der Waals surface area contributed by atoms with Crippen molar-refractivity contribution in [1.82, 2.24) is 9.97 Å². The van der Waals surface area contributed by atoms with Crippen molar-refractivity contribution in [1.29, 1.82) is 0 Å². The Morgan fingerprint density at radius 1 is 0.968 bits per heavy atom. The Balaban J connectivity index is 0.00000272. The van der Waals surface area contributed by atoms with Gasteiger partial charge < -0.3 is 5.73 Å². The molecule has 4 rings (SSSR count). The molecular formula is C21H17N5NaO3S. The normalized spacial score (nSPS) is 11.5. The van der Waals surface area contributed by atoms with Crippen molar-refractivity contribution in [3.05, 3.63) is 72.7 Å². The molecular weight excluding hydrogens is 425 g/mol. The Morgan fingerprint density at radius 2 is 1.68 bits per heavy atom. The maximum Gasteiger partial charge on any atom is 0.295 e. The fraction of sp³-hybridized carbons (Fsp3) is 0.0476. The molecule has 0 aliphatic heterocycles. The molecule has 0 aliphatic carbocycles. The molecule has 0 atom stereocenters. The zero-order chi connectivity index (χ0) is 21.3. The monoisotopic (exact) mass is 442 g/mol. The van der Waals surface area contributed by atoms with Crippen LogP contribution < -0.4 is 5.73 Å². The number of benzene rings is 2. The fourth-order valence-electron chi connectivity index (χ4n) is 3.08. The van der Waals surface area contributed by atoms with Gasteiger partial charge in [-0.3, -0.25) is 14.5 Å². The molecule has 0 amide bonds. The minimum Gasteiger partial charge on any atom is -0.396 e. The molecule has 2 aromatic heterocycles. The number of fused-ring (bicyclic) bond motifs is 1. The summed E-state index contributed by atoms with van der Waals surface area (Å²) in [5, 5.41) is 9.10. The molecule has 4 aromatic rings. The van der Waals surface area contributed by atoms with Crippen molar-refractivity contribution >= 4 is 67.5 Å². The van der Waals surface area contributed by atoms with Crippen LogP contribution >= 0.6 is 0 Å². The van der Waals surface area contributed by atoms with Gasteiger partial charge in [0.2, 0.25) is 0 Å². The van der Waals surface area contributed by atoms with Gasteiger partial charge in [-0.25, -0.2) is 0 Å². The molecule has 31 heavy (non-hydrogen) atoms. The minimum absolute atomic E-state index is 0. The van der Waals surface area contributed by atoms with Crippen molar-refractivity contribution in [3.63, 3.8) is 0 Å². The first-order chi connectivity index (χ1) is 14.3. The van der Waals surface area contributed by atoms with Crippen molar-refractivity contribution < 1.29 is 13.0 Å². The molecule has 3 N–H and O–H groups in total. The van der Waals surface area contributed by atoms with Crippen LogP contribution in [-0.4, -0.2) is 52.5 Å². The van der Waals surface area contributed by atoms with E-state index in [1.807, 2.05) is 25.1 Å². The summed E-state index contributed by atoms with van der Waals surface area (Å²) in [6, 6.07) is 13.4. The van der Waals surface area contributed by atoms with E-state index in [0.29, 0.717) is 16.5 Å². The van der Waals surface area contributed by atoms with E-state index in [9.17, 15) is 13.0 Å². The number of nitrogens with zero attached hydrogens (tertiary/aromatic N) is 4. The van der Waals surface area contributed by atoms with E-state index in [1.165, 1.54) is 6.07 Å². The molecule has 0 aliphatic rings. The zero-order valence-corrected chi connectivity index (χ0v) is 19.7. The zero-order valence-electron chi connectivity index (χ0n) is 16.9. The Morgan fingerprint density at radius 3 is 2.32 bits per heavy atom. The summed E-state index contributed by atoms with van der Waals surface area (Å²) in [6.07, 6.45) is 4.98. The van der Waals surface area contributed by atoms with Gasteiger partial charge in [-0.2, -0.15) is 8.42 Å². The van der Waals surface area contributed by atoms with Crippen LogP contribution in [0.25, 0.3) is 22.0 Å². The predicted molar refractivity (Wildman–Crippen MR) is 120 cm³/mol. The summed E-state index contributed by atoms with van der Waals surface area (Å²) in [7, 11) is -4.47. The molecule has 151 valence electrons. The van der Waals surface area contributed by atoms with E-state index in [1.54, 1.807) is 42.9 Å². The molecule has 0 saturated carbocycles. The molecule has 1 radical (unpaired) electrons. The van der Waals surface area contributed by atoms with Gasteiger partial charge in [0, 0.05) is 58.3 Å².